The van der Waals surface area contributed by atoms with Crippen molar-refractivity contribution < 1.29 is 73.0 Å². The van der Waals surface area contributed by atoms with Crippen LogP contribution in [0.5, 0.6) is 11.5 Å². The van der Waals surface area contributed by atoms with E-state index in [4.69, 9.17) is 19.3 Å². The summed E-state index contributed by atoms with van der Waals surface area (Å²) in [6, 6.07) is 2.50. The van der Waals surface area contributed by atoms with E-state index in [1.807, 2.05) is 0 Å². The molecule has 0 saturated carbocycles. The summed E-state index contributed by atoms with van der Waals surface area (Å²) < 4.78 is 22.0. The maximum atomic E-state index is 12.5. The van der Waals surface area contributed by atoms with Crippen LogP contribution in [0.25, 0.3) is 0 Å². The van der Waals surface area contributed by atoms with E-state index in [2.05, 4.69) is 0 Å². The summed E-state index contributed by atoms with van der Waals surface area (Å²) in [5.41, 5.74) is -6.36. The normalized spacial score (nSPS) is 10.4. The second kappa shape index (κ2) is 9.70. The van der Waals surface area contributed by atoms with E-state index < -0.39 is 89.0 Å². The van der Waals surface area contributed by atoms with Crippen LogP contribution in [0.1, 0.15) is 62.1 Å². The van der Waals surface area contributed by atoms with Gasteiger partial charge in [0.1, 0.15) is 22.3 Å². The maximum absolute atomic E-state index is 12.5. The van der Waals surface area contributed by atoms with Crippen LogP contribution in [0.15, 0.2) is 24.3 Å². The smallest absolute Gasteiger partial charge is 0.419 e. The van der Waals surface area contributed by atoms with Crippen LogP contribution in [-0.4, -0.2) is 66.5 Å². The molecule has 0 fully saturated rings. The van der Waals surface area contributed by atoms with E-state index in [0.717, 1.165) is 0 Å². The zero-order valence-electron chi connectivity index (χ0n) is 16.2. The minimum Gasteiger partial charge on any atom is -0.478 e. The minimum atomic E-state index is -4.29. The number of carboxylic acids is 6. The molecular formula is C18H11O15P. The topological polar surface area (TPSA) is 259 Å². The fourth-order valence-corrected chi connectivity index (χ4v) is 3.48. The highest BCUT2D eigenvalue weighted by Gasteiger charge is 2.31. The molecule has 34 heavy (non-hydrogen) atoms. The molecule has 6 N–H and O–H groups in total. The lowest BCUT2D eigenvalue weighted by molar-refractivity contribution is 0.0645. The fourth-order valence-electron chi connectivity index (χ4n) is 2.68. The summed E-state index contributed by atoms with van der Waals surface area (Å²) >= 11 is 0. The van der Waals surface area contributed by atoms with Gasteiger partial charge >= 0.3 is 44.1 Å². The summed E-state index contributed by atoms with van der Waals surface area (Å²) in [5, 5.41) is 55.5. The first-order valence-corrected chi connectivity index (χ1v) is 9.63. The van der Waals surface area contributed by atoms with Gasteiger partial charge in [0.05, 0.1) is 11.1 Å². The molecule has 0 unspecified atom stereocenters. The molecule has 2 aromatic carbocycles. The van der Waals surface area contributed by atoms with Gasteiger partial charge in [0, 0.05) is 0 Å². The second-order valence-corrected chi connectivity index (χ2v) is 6.92. The van der Waals surface area contributed by atoms with Gasteiger partial charge < -0.3 is 39.7 Å². The standard InChI is InChI=1S/C18H11O15P/c19-13(20)5-1-3-7(15(23)24)11(9(5)17(27)28)32-34(31)33-12-8(16(25)26)4-2-6(14(21)22)10(12)18(29)30/h1-4,34H,(H,19,20)(H,21,22)(H,23,24)(H,25,26)(H,27,28)(H,29,30). The van der Waals surface area contributed by atoms with Crippen molar-refractivity contribution in [3.05, 3.63) is 57.6 Å². The molecule has 0 aromatic heterocycles. The Kier molecular flexibility index (Phi) is 7.24. The Labute approximate surface area is 187 Å². The Hall–Kier alpha value is -4.91. The van der Waals surface area contributed by atoms with Crippen molar-refractivity contribution in [3.8, 4) is 11.5 Å². The Balaban J connectivity index is 2.70. The molecule has 0 aliphatic rings. The van der Waals surface area contributed by atoms with Gasteiger partial charge in [-0.1, -0.05) is 0 Å². The third kappa shape index (κ3) is 4.94. The molecule has 0 heterocycles. The Bertz CT molecular complexity index is 1200. The van der Waals surface area contributed by atoms with Crippen molar-refractivity contribution in [2.45, 2.75) is 0 Å². The first kappa shape index (κ1) is 25.4. The number of hydrogen-bond acceptors (Lipinski definition) is 9. The molecule has 178 valence electrons. The molecule has 0 spiro atoms. The van der Waals surface area contributed by atoms with Crippen LogP contribution >= 0.6 is 8.25 Å². The summed E-state index contributed by atoms with van der Waals surface area (Å²) in [7, 11) is -4.29. The average molecular weight is 498 g/mol. The van der Waals surface area contributed by atoms with Crippen molar-refractivity contribution >= 4 is 44.1 Å². The molecule has 0 bridgehead atoms. The van der Waals surface area contributed by atoms with Crippen molar-refractivity contribution in [2.75, 3.05) is 0 Å². The van der Waals surface area contributed by atoms with Gasteiger partial charge in [0.25, 0.3) is 0 Å². The summed E-state index contributed by atoms with van der Waals surface area (Å²) in [6.07, 6.45) is 0. The van der Waals surface area contributed by atoms with E-state index in [0.29, 0.717) is 24.3 Å². The molecule has 16 heteroatoms. The van der Waals surface area contributed by atoms with Crippen LogP contribution in [0.2, 0.25) is 0 Å². The van der Waals surface area contributed by atoms with Gasteiger partial charge in [0.2, 0.25) is 0 Å². The van der Waals surface area contributed by atoms with E-state index in [-0.39, 0.29) is 0 Å². The minimum absolute atomic E-state index is 0.624. The lowest BCUT2D eigenvalue weighted by Gasteiger charge is -2.16. The lowest BCUT2D eigenvalue weighted by Crippen LogP contribution is -2.15. The fraction of sp³-hybridized carbons (Fsp3) is 0. The van der Waals surface area contributed by atoms with Gasteiger partial charge in [-0.05, 0) is 24.3 Å². The molecule has 2 rings (SSSR count). The second-order valence-electron chi connectivity index (χ2n) is 6.01. The number of carboxylic acid groups (broad SMARTS) is 6. The van der Waals surface area contributed by atoms with Gasteiger partial charge in [0.15, 0.2) is 11.5 Å². The average Bonchev–Trinajstić information content (AvgIpc) is 2.71. The molecule has 0 saturated heterocycles. The first-order chi connectivity index (χ1) is 15.8. The predicted molar refractivity (Wildman–Crippen MR) is 105 cm³/mol. The van der Waals surface area contributed by atoms with Crippen molar-refractivity contribution in [1.29, 1.82) is 0 Å². The van der Waals surface area contributed by atoms with Crippen molar-refractivity contribution in [3.63, 3.8) is 0 Å². The van der Waals surface area contributed by atoms with Crippen LogP contribution in [0, 0.1) is 0 Å². The number of benzene rings is 2. The third-order valence-electron chi connectivity index (χ3n) is 4.04. The summed E-state index contributed by atoms with van der Waals surface area (Å²) in [4.78, 5) is 68.7. The molecule has 2 aromatic rings. The lowest BCUT2D eigenvalue weighted by atomic mass is 10.0. The van der Waals surface area contributed by atoms with E-state index in [1.165, 1.54) is 0 Å². The zero-order valence-corrected chi connectivity index (χ0v) is 17.2. The van der Waals surface area contributed by atoms with Crippen LogP contribution in [0.4, 0.5) is 0 Å². The van der Waals surface area contributed by atoms with Crippen LogP contribution in [0.3, 0.4) is 0 Å². The summed E-state index contributed by atoms with van der Waals surface area (Å²) in [5.74, 6) is -13.8. The highest BCUT2D eigenvalue weighted by Crippen LogP contribution is 2.40. The zero-order chi connectivity index (χ0) is 25.9. The molecular weight excluding hydrogens is 487 g/mol. The molecule has 0 atom stereocenters. The number of aromatic carboxylic acids is 6. The van der Waals surface area contributed by atoms with E-state index in [9.17, 15) is 53.8 Å². The Morgan fingerprint density at radius 1 is 0.500 bits per heavy atom. The molecule has 0 aliphatic carbocycles. The van der Waals surface area contributed by atoms with Crippen molar-refractivity contribution in [2.24, 2.45) is 0 Å². The first-order valence-electron chi connectivity index (χ1n) is 8.41. The largest absolute Gasteiger partial charge is 0.478 e. The number of rotatable bonds is 10. The third-order valence-corrected chi connectivity index (χ3v) is 4.78. The Morgan fingerprint density at radius 2 is 0.765 bits per heavy atom. The molecule has 0 radical (unpaired) electrons. The van der Waals surface area contributed by atoms with Gasteiger partial charge in [-0.15, -0.1) is 0 Å². The van der Waals surface area contributed by atoms with Gasteiger partial charge in [-0.2, -0.15) is 0 Å². The van der Waals surface area contributed by atoms with E-state index >= 15 is 0 Å². The quantitative estimate of drug-likeness (QED) is 0.255. The van der Waals surface area contributed by atoms with Crippen LogP contribution < -0.4 is 9.05 Å². The van der Waals surface area contributed by atoms with Gasteiger partial charge in [-0.25, -0.2) is 33.3 Å². The molecule has 15 nitrogen and oxygen atoms in total. The molecule has 0 amide bonds. The SMILES string of the molecule is O=C(O)c1ccc(C(=O)O)c(C(=O)O)c1O[PH](=O)Oc1c(C(=O)O)ccc(C(=O)O)c1C(=O)O. The monoisotopic (exact) mass is 498 g/mol. The summed E-state index contributed by atoms with van der Waals surface area (Å²) in [6.45, 7) is 0. The highest BCUT2D eigenvalue weighted by molar-refractivity contribution is 7.34. The molecule has 0 aliphatic heterocycles. The predicted octanol–water partition coefficient (Wildman–Crippen LogP) is 1.72. The van der Waals surface area contributed by atoms with Crippen molar-refractivity contribution in [1.82, 2.24) is 0 Å². The van der Waals surface area contributed by atoms with Gasteiger partial charge in [-0.3, -0.25) is 0 Å². The highest BCUT2D eigenvalue weighted by atomic mass is 31.1. The van der Waals surface area contributed by atoms with Crippen LogP contribution in [-0.2, 0) is 4.57 Å². The number of carbonyl (C=O) groups is 6. The maximum Gasteiger partial charge on any atom is 0.419 e. The van der Waals surface area contributed by atoms with E-state index in [1.54, 1.807) is 0 Å². The Morgan fingerprint density at radius 3 is 1.00 bits per heavy atom. The number of hydrogen-bond donors (Lipinski definition) is 6.